The van der Waals surface area contributed by atoms with Gasteiger partial charge in [0.25, 0.3) is 5.78 Å². The first-order valence-corrected chi connectivity index (χ1v) is 9.36. The Balaban J connectivity index is 3.24. The zero-order valence-electron chi connectivity index (χ0n) is 15.4. The van der Waals surface area contributed by atoms with Crippen LogP contribution in [0.3, 0.4) is 0 Å². The molecule has 0 saturated heterocycles. The largest absolute Gasteiger partial charge is 0.492 e. The minimum atomic E-state index is -3.64. The van der Waals surface area contributed by atoms with Crippen LogP contribution in [0.1, 0.15) is 27.7 Å². The number of hydrogen-bond acceptors (Lipinski definition) is 8. The van der Waals surface area contributed by atoms with Crippen molar-refractivity contribution in [3.63, 3.8) is 0 Å². The van der Waals surface area contributed by atoms with Crippen molar-refractivity contribution in [1.29, 1.82) is 0 Å². The maximum Gasteiger partial charge on any atom is 0.357 e. The van der Waals surface area contributed by atoms with Crippen LogP contribution in [0.15, 0.2) is 35.4 Å². The van der Waals surface area contributed by atoms with E-state index in [4.69, 9.17) is 18.5 Å². The second-order valence-electron chi connectivity index (χ2n) is 5.56. The molecule has 0 radical (unpaired) electrons. The van der Waals surface area contributed by atoms with Gasteiger partial charge in [-0.25, -0.2) is 5.06 Å². The van der Waals surface area contributed by atoms with Crippen LogP contribution in [-0.2, 0) is 27.9 Å². The monoisotopic (exact) mass is 375 g/mol. The van der Waals surface area contributed by atoms with E-state index in [1.54, 1.807) is 13.8 Å². The summed E-state index contributed by atoms with van der Waals surface area (Å²) in [5.74, 6) is -0.274. The SMILES string of the molecule is CCOP(=O)(OCC)C(C)(C)N(O)C=C1C=C(OC)C(=O)C(OC)=C1. The van der Waals surface area contributed by atoms with Gasteiger partial charge in [0.15, 0.2) is 16.8 Å². The number of hydrogen-bond donors (Lipinski definition) is 1. The van der Waals surface area contributed by atoms with Gasteiger partial charge in [0.2, 0.25) is 0 Å². The third-order valence-electron chi connectivity index (χ3n) is 3.58. The summed E-state index contributed by atoms with van der Waals surface area (Å²) < 4.78 is 33.7. The van der Waals surface area contributed by atoms with Crippen LogP contribution in [0.5, 0.6) is 0 Å². The molecule has 1 N–H and O–H groups in total. The van der Waals surface area contributed by atoms with E-state index in [9.17, 15) is 14.6 Å². The van der Waals surface area contributed by atoms with Gasteiger partial charge in [0.05, 0.1) is 27.4 Å². The Bertz CT molecular complexity index is 600. The van der Waals surface area contributed by atoms with Crippen molar-refractivity contribution in [2.24, 2.45) is 0 Å². The molecule has 0 heterocycles. The predicted molar refractivity (Wildman–Crippen MR) is 91.8 cm³/mol. The van der Waals surface area contributed by atoms with Crippen molar-refractivity contribution in [2.75, 3.05) is 27.4 Å². The van der Waals surface area contributed by atoms with E-state index in [1.807, 2.05) is 0 Å². The highest BCUT2D eigenvalue weighted by molar-refractivity contribution is 7.55. The van der Waals surface area contributed by atoms with Crippen molar-refractivity contribution in [3.05, 3.63) is 35.4 Å². The molecule has 9 heteroatoms. The molecule has 0 aromatic heterocycles. The van der Waals surface area contributed by atoms with Crippen LogP contribution in [0, 0.1) is 0 Å². The van der Waals surface area contributed by atoms with Gasteiger partial charge in [-0.3, -0.25) is 14.6 Å². The van der Waals surface area contributed by atoms with E-state index in [0.717, 1.165) is 5.06 Å². The molecular weight excluding hydrogens is 349 g/mol. The number of ether oxygens (including phenoxy) is 2. The smallest absolute Gasteiger partial charge is 0.357 e. The third kappa shape index (κ3) is 4.52. The first kappa shape index (κ1) is 21.4. The third-order valence-corrected chi connectivity index (χ3v) is 6.32. The summed E-state index contributed by atoms with van der Waals surface area (Å²) in [6.45, 7) is 6.78. The lowest BCUT2D eigenvalue weighted by atomic mass is 10.1. The number of carbonyl (C=O) groups excluding carboxylic acids is 1. The topological polar surface area (TPSA) is 94.5 Å². The molecule has 25 heavy (non-hydrogen) atoms. The Morgan fingerprint density at radius 3 is 1.92 bits per heavy atom. The Morgan fingerprint density at radius 1 is 1.12 bits per heavy atom. The van der Waals surface area contributed by atoms with Gasteiger partial charge in [-0.2, -0.15) is 0 Å². The Kier molecular flexibility index (Phi) is 7.44. The van der Waals surface area contributed by atoms with Crippen molar-refractivity contribution < 1.29 is 33.1 Å². The fourth-order valence-electron chi connectivity index (χ4n) is 2.09. The summed E-state index contributed by atoms with van der Waals surface area (Å²) in [5, 5.41) is 9.88. The van der Waals surface area contributed by atoms with Crippen LogP contribution in [0.25, 0.3) is 0 Å². The molecule has 0 bridgehead atoms. The molecule has 0 fully saturated rings. The Labute approximate surface area is 148 Å². The number of ketones is 1. The zero-order chi connectivity index (χ0) is 19.3. The van der Waals surface area contributed by atoms with Crippen LogP contribution in [0.4, 0.5) is 0 Å². The van der Waals surface area contributed by atoms with E-state index in [-0.39, 0.29) is 24.7 Å². The van der Waals surface area contributed by atoms with Crippen molar-refractivity contribution in [2.45, 2.75) is 33.0 Å². The quantitative estimate of drug-likeness (QED) is 0.485. The van der Waals surface area contributed by atoms with Crippen molar-refractivity contribution >= 4 is 13.4 Å². The fourth-order valence-corrected chi connectivity index (χ4v) is 3.79. The molecule has 1 aliphatic rings. The highest BCUT2D eigenvalue weighted by atomic mass is 31.2. The first-order chi connectivity index (χ1) is 11.7. The summed E-state index contributed by atoms with van der Waals surface area (Å²) in [6.07, 6.45) is 4.18. The lowest BCUT2D eigenvalue weighted by molar-refractivity contribution is -0.118. The molecular formula is C16H26NO7P. The summed E-state index contributed by atoms with van der Waals surface area (Å²) in [7, 11) is -0.922. The molecule has 0 aliphatic heterocycles. The number of methoxy groups -OCH3 is 2. The summed E-state index contributed by atoms with van der Waals surface area (Å²) in [5.41, 5.74) is 0.420. The maximum atomic E-state index is 13.0. The van der Waals surface area contributed by atoms with Gasteiger partial charge >= 0.3 is 7.60 Å². The minimum absolute atomic E-state index is 0.0644. The highest BCUT2D eigenvalue weighted by Crippen LogP contribution is 2.60. The summed E-state index contributed by atoms with van der Waals surface area (Å²) >= 11 is 0. The van der Waals surface area contributed by atoms with Crippen LogP contribution in [-0.4, -0.2) is 48.8 Å². The van der Waals surface area contributed by atoms with Crippen molar-refractivity contribution in [3.8, 4) is 0 Å². The number of hydroxylamine groups is 2. The van der Waals surface area contributed by atoms with Crippen LogP contribution >= 0.6 is 7.60 Å². The standard InChI is InChI=1S/C16H26NO7P/c1-7-23-25(20,24-8-2)16(3,4)17(19)11-12-9-13(21-5)15(18)14(10-12)22-6/h9-11,19H,7-8H2,1-6H3. The van der Waals surface area contributed by atoms with Gasteiger partial charge in [-0.05, 0) is 39.8 Å². The summed E-state index contributed by atoms with van der Waals surface area (Å²) in [4.78, 5) is 12.0. The van der Waals surface area contributed by atoms with E-state index < -0.39 is 18.7 Å². The second-order valence-corrected chi connectivity index (χ2v) is 8.16. The maximum absolute atomic E-state index is 13.0. The lowest BCUT2D eigenvalue weighted by Crippen LogP contribution is -2.39. The summed E-state index contributed by atoms with van der Waals surface area (Å²) in [6, 6.07) is 0. The zero-order valence-corrected chi connectivity index (χ0v) is 16.3. The van der Waals surface area contributed by atoms with E-state index in [2.05, 4.69) is 0 Å². The fraction of sp³-hybridized carbons (Fsp3) is 0.562. The first-order valence-electron chi connectivity index (χ1n) is 7.82. The number of rotatable bonds is 9. The second kappa shape index (κ2) is 8.67. The van der Waals surface area contributed by atoms with E-state index in [1.165, 1.54) is 46.4 Å². The molecule has 0 atom stereocenters. The van der Waals surface area contributed by atoms with Crippen LogP contribution < -0.4 is 0 Å². The van der Waals surface area contributed by atoms with E-state index in [0.29, 0.717) is 5.57 Å². The molecule has 0 amide bonds. The predicted octanol–water partition coefficient (Wildman–Crippen LogP) is 3.21. The van der Waals surface area contributed by atoms with Crippen LogP contribution in [0.2, 0.25) is 0 Å². The normalized spacial score (nSPS) is 15.5. The minimum Gasteiger partial charge on any atom is -0.492 e. The molecule has 0 unspecified atom stereocenters. The molecule has 1 rings (SSSR count). The highest BCUT2D eigenvalue weighted by Gasteiger charge is 2.47. The molecule has 0 aromatic rings. The Hall–Kier alpha value is -1.60. The number of carbonyl (C=O) groups is 1. The molecule has 0 spiro atoms. The van der Waals surface area contributed by atoms with Gasteiger partial charge in [0.1, 0.15) is 0 Å². The number of allylic oxidation sites excluding steroid dienone is 3. The van der Waals surface area contributed by atoms with Gasteiger partial charge in [-0.15, -0.1) is 0 Å². The number of Topliss-reactive ketones (excluding diaryl/α,β-unsaturated/α-hetero) is 1. The molecule has 1 aliphatic carbocycles. The van der Waals surface area contributed by atoms with Gasteiger partial charge in [-0.1, -0.05) is 0 Å². The molecule has 142 valence electrons. The molecule has 0 saturated carbocycles. The lowest BCUT2D eigenvalue weighted by Gasteiger charge is -2.37. The average Bonchev–Trinajstić information content (AvgIpc) is 2.56. The molecule has 8 nitrogen and oxygen atoms in total. The van der Waals surface area contributed by atoms with Crippen molar-refractivity contribution in [1.82, 2.24) is 5.06 Å². The van der Waals surface area contributed by atoms with Gasteiger partial charge < -0.3 is 18.5 Å². The van der Waals surface area contributed by atoms with Gasteiger partial charge in [0, 0.05) is 11.8 Å². The Morgan fingerprint density at radius 2 is 1.56 bits per heavy atom. The molecule has 0 aromatic carbocycles. The van der Waals surface area contributed by atoms with E-state index >= 15 is 0 Å². The average molecular weight is 375 g/mol. The number of nitrogens with zero attached hydrogens (tertiary/aromatic N) is 1.